The summed E-state index contributed by atoms with van der Waals surface area (Å²) in [5.74, 6) is 0.903. The SMILES string of the molecule is CNC(C)Cc1noc(-c2cc(NC(=O)CC(C)(C)C)ccc2Cl)n1.Cl. The molecule has 0 saturated carbocycles. The van der Waals surface area contributed by atoms with Crippen LogP contribution in [0.15, 0.2) is 22.7 Å². The largest absolute Gasteiger partial charge is 0.334 e. The van der Waals surface area contributed by atoms with Gasteiger partial charge in [-0.05, 0) is 37.6 Å². The number of aromatic nitrogens is 2. The van der Waals surface area contributed by atoms with Crippen LogP contribution in [0.4, 0.5) is 5.69 Å². The molecule has 0 spiro atoms. The minimum atomic E-state index is -0.0786. The van der Waals surface area contributed by atoms with Crippen LogP contribution in [0, 0.1) is 5.41 Å². The Morgan fingerprint density at radius 3 is 2.65 bits per heavy atom. The van der Waals surface area contributed by atoms with E-state index in [4.69, 9.17) is 16.1 Å². The van der Waals surface area contributed by atoms with Crippen molar-refractivity contribution in [3.63, 3.8) is 0 Å². The smallest absolute Gasteiger partial charge is 0.259 e. The third kappa shape index (κ3) is 6.59. The number of likely N-dealkylation sites (N-methyl/N-ethyl adjacent to an activating group) is 1. The van der Waals surface area contributed by atoms with Crippen molar-refractivity contribution >= 4 is 35.6 Å². The van der Waals surface area contributed by atoms with Crippen LogP contribution >= 0.6 is 24.0 Å². The van der Waals surface area contributed by atoms with Crippen molar-refractivity contribution in [1.29, 1.82) is 0 Å². The second-order valence-electron chi connectivity index (χ2n) is 7.39. The lowest BCUT2D eigenvalue weighted by molar-refractivity contribution is -0.117. The molecule has 1 aromatic carbocycles. The molecule has 144 valence electrons. The number of halogens is 2. The minimum Gasteiger partial charge on any atom is -0.334 e. The van der Waals surface area contributed by atoms with Gasteiger partial charge in [-0.15, -0.1) is 12.4 Å². The molecule has 0 aliphatic carbocycles. The van der Waals surface area contributed by atoms with Crippen LogP contribution in [0.2, 0.25) is 5.02 Å². The molecule has 6 nitrogen and oxygen atoms in total. The number of anilines is 1. The molecule has 8 heteroatoms. The van der Waals surface area contributed by atoms with E-state index in [9.17, 15) is 4.79 Å². The Morgan fingerprint density at radius 2 is 2.04 bits per heavy atom. The van der Waals surface area contributed by atoms with Gasteiger partial charge in [0.1, 0.15) is 0 Å². The third-order valence-corrected chi connectivity index (χ3v) is 3.95. The summed E-state index contributed by atoms with van der Waals surface area (Å²) >= 11 is 6.26. The van der Waals surface area contributed by atoms with Crippen LogP contribution in [-0.4, -0.2) is 29.1 Å². The van der Waals surface area contributed by atoms with Gasteiger partial charge < -0.3 is 15.2 Å². The number of nitrogens with one attached hydrogen (secondary N) is 2. The molecule has 1 amide bonds. The fraction of sp³-hybridized carbons (Fsp3) is 0.500. The first-order chi connectivity index (χ1) is 11.7. The Bertz CT molecular complexity index is 741. The average Bonchev–Trinajstić information content (AvgIpc) is 2.95. The molecular weight excluding hydrogens is 375 g/mol. The standard InChI is InChI=1S/C18H25ClN4O2.ClH/c1-11(20-5)8-15-22-17(25-23-15)13-9-12(6-7-14(13)19)21-16(24)10-18(2,3)4;/h6-7,9,11,20H,8,10H2,1-5H3,(H,21,24);1H. The van der Waals surface area contributed by atoms with E-state index in [0.717, 1.165) is 0 Å². The number of hydrogen-bond donors (Lipinski definition) is 2. The van der Waals surface area contributed by atoms with E-state index in [1.54, 1.807) is 18.2 Å². The highest BCUT2D eigenvalue weighted by molar-refractivity contribution is 6.33. The second kappa shape index (κ2) is 9.35. The van der Waals surface area contributed by atoms with Crippen LogP contribution in [0.25, 0.3) is 11.5 Å². The molecule has 0 saturated heterocycles. The lowest BCUT2D eigenvalue weighted by atomic mass is 9.92. The maximum Gasteiger partial charge on any atom is 0.259 e. The first-order valence-electron chi connectivity index (χ1n) is 8.27. The van der Waals surface area contributed by atoms with Crippen molar-refractivity contribution in [2.75, 3.05) is 12.4 Å². The van der Waals surface area contributed by atoms with Crippen molar-refractivity contribution in [1.82, 2.24) is 15.5 Å². The van der Waals surface area contributed by atoms with Gasteiger partial charge in [0.25, 0.3) is 5.89 Å². The van der Waals surface area contributed by atoms with Crippen molar-refractivity contribution in [3.05, 3.63) is 29.0 Å². The van der Waals surface area contributed by atoms with Crippen molar-refractivity contribution in [2.24, 2.45) is 5.41 Å². The molecule has 2 aromatic rings. The molecule has 1 atom stereocenters. The van der Waals surface area contributed by atoms with Crippen molar-refractivity contribution < 1.29 is 9.32 Å². The number of amides is 1. The predicted molar refractivity (Wildman–Crippen MR) is 107 cm³/mol. The monoisotopic (exact) mass is 400 g/mol. The van der Waals surface area contributed by atoms with Gasteiger partial charge in [-0.25, -0.2) is 0 Å². The summed E-state index contributed by atoms with van der Waals surface area (Å²) < 4.78 is 5.33. The van der Waals surface area contributed by atoms with Crippen LogP contribution in [0.3, 0.4) is 0 Å². The number of benzene rings is 1. The summed E-state index contributed by atoms with van der Waals surface area (Å²) in [6, 6.07) is 5.46. The topological polar surface area (TPSA) is 80.0 Å². The van der Waals surface area contributed by atoms with Gasteiger partial charge in [0.15, 0.2) is 5.82 Å². The summed E-state index contributed by atoms with van der Waals surface area (Å²) in [6.45, 7) is 8.10. The van der Waals surface area contributed by atoms with Gasteiger partial charge in [0.2, 0.25) is 5.91 Å². The summed E-state index contributed by atoms with van der Waals surface area (Å²) in [4.78, 5) is 16.5. The molecule has 0 radical (unpaired) electrons. The Balaban J connectivity index is 0.00000338. The summed E-state index contributed by atoms with van der Waals surface area (Å²) in [7, 11) is 1.88. The van der Waals surface area contributed by atoms with Crippen LogP contribution in [0.5, 0.6) is 0 Å². The van der Waals surface area contributed by atoms with E-state index in [1.807, 2.05) is 34.7 Å². The molecule has 1 aromatic heterocycles. The van der Waals surface area contributed by atoms with Crippen LogP contribution in [-0.2, 0) is 11.2 Å². The summed E-state index contributed by atoms with van der Waals surface area (Å²) in [5, 5.41) is 10.5. The quantitative estimate of drug-likeness (QED) is 0.753. The van der Waals surface area contributed by atoms with E-state index >= 15 is 0 Å². The van der Waals surface area contributed by atoms with Gasteiger partial charge in [-0.2, -0.15) is 4.98 Å². The van der Waals surface area contributed by atoms with E-state index in [0.29, 0.717) is 40.8 Å². The molecule has 0 fully saturated rings. The molecule has 2 rings (SSSR count). The van der Waals surface area contributed by atoms with E-state index in [1.165, 1.54) is 0 Å². The molecule has 0 aliphatic rings. The fourth-order valence-electron chi connectivity index (χ4n) is 2.28. The minimum absolute atomic E-state index is 0. The van der Waals surface area contributed by atoms with Crippen molar-refractivity contribution in [2.45, 2.75) is 46.6 Å². The van der Waals surface area contributed by atoms with E-state index in [-0.39, 0.29) is 29.8 Å². The first-order valence-corrected chi connectivity index (χ1v) is 8.65. The number of carbonyl (C=O) groups is 1. The molecule has 2 N–H and O–H groups in total. The third-order valence-electron chi connectivity index (χ3n) is 3.62. The molecule has 0 bridgehead atoms. The van der Waals surface area contributed by atoms with E-state index in [2.05, 4.69) is 20.8 Å². The van der Waals surface area contributed by atoms with Gasteiger partial charge >= 0.3 is 0 Å². The lowest BCUT2D eigenvalue weighted by Gasteiger charge is -2.17. The zero-order valence-corrected chi connectivity index (χ0v) is 17.3. The van der Waals surface area contributed by atoms with E-state index < -0.39 is 0 Å². The van der Waals surface area contributed by atoms with Gasteiger partial charge in [0.05, 0.1) is 10.6 Å². The summed E-state index contributed by atoms with van der Waals surface area (Å²) in [6.07, 6.45) is 1.08. The Morgan fingerprint density at radius 1 is 1.35 bits per heavy atom. The molecular formula is C18H26Cl2N4O2. The Hall–Kier alpha value is -1.63. The molecule has 1 heterocycles. The van der Waals surface area contributed by atoms with Gasteiger partial charge in [0, 0.05) is 24.6 Å². The lowest BCUT2D eigenvalue weighted by Crippen LogP contribution is -2.24. The van der Waals surface area contributed by atoms with Crippen LogP contribution < -0.4 is 10.6 Å². The predicted octanol–water partition coefficient (Wildman–Crippen LogP) is 4.34. The first kappa shape index (κ1) is 22.4. The molecule has 26 heavy (non-hydrogen) atoms. The van der Waals surface area contributed by atoms with Gasteiger partial charge in [-0.1, -0.05) is 37.5 Å². The van der Waals surface area contributed by atoms with Crippen molar-refractivity contribution in [3.8, 4) is 11.5 Å². The normalized spacial score (nSPS) is 12.4. The Kier molecular flexibility index (Phi) is 8.06. The molecule has 0 aliphatic heterocycles. The fourth-order valence-corrected chi connectivity index (χ4v) is 2.47. The van der Waals surface area contributed by atoms with Crippen LogP contribution in [0.1, 0.15) is 39.9 Å². The average molecular weight is 401 g/mol. The number of carbonyl (C=O) groups excluding carboxylic acids is 1. The molecule has 1 unspecified atom stereocenters. The van der Waals surface area contributed by atoms with Gasteiger partial charge in [-0.3, -0.25) is 4.79 Å². The number of rotatable bonds is 6. The highest BCUT2D eigenvalue weighted by Crippen LogP contribution is 2.30. The number of hydrogen-bond acceptors (Lipinski definition) is 5. The second-order valence-corrected chi connectivity index (χ2v) is 7.80. The maximum absolute atomic E-state index is 12.1. The highest BCUT2D eigenvalue weighted by atomic mass is 35.5. The highest BCUT2D eigenvalue weighted by Gasteiger charge is 2.18. The zero-order valence-electron chi connectivity index (χ0n) is 15.7. The Labute approximate surface area is 165 Å². The summed E-state index contributed by atoms with van der Waals surface area (Å²) in [5.41, 5.74) is 1.17. The maximum atomic E-state index is 12.1. The zero-order chi connectivity index (χ0) is 18.6. The number of nitrogens with zero attached hydrogens (tertiary/aromatic N) is 2.